The van der Waals surface area contributed by atoms with Gasteiger partial charge in [-0.2, -0.15) is 0 Å². The number of hydrogen-bond donors (Lipinski definition) is 2. The lowest BCUT2D eigenvalue weighted by Gasteiger charge is -2.27. The highest BCUT2D eigenvalue weighted by Gasteiger charge is 2.37. The van der Waals surface area contributed by atoms with Crippen LogP contribution in [0.4, 0.5) is 8.78 Å². The van der Waals surface area contributed by atoms with E-state index in [1.165, 1.54) is 12.1 Å². The Kier molecular flexibility index (Phi) is 4.55. The first-order chi connectivity index (χ1) is 9.87. The molecule has 0 unspecified atom stereocenters. The van der Waals surface area contributed by atoms with Gasteiger partial charge in [-0.15, -0.1) is 0 Å². The van der Waals surface area contributed by atoms with E-state index in [9.17, 15) is 18.4 Å². The number of rotatable bonds is 4. The molecule has 0 spiro atoms. The van der Waals surface area contributed by atoms with Gasteiger partial charge in [0, 0.05) is 25.3 Å². The largest absolute Gasteiger partial charge is 0.478 e. The van der Waals surface area contributed by atoms with Gasteiger partial charge in [0.15, 0.2) is 0 Å². The quantitative estimate of drug-likeness (QED) is 0.898. The molecule has 0 aliphatic heterocycles. The standard InChI is InChI=1S/C15H17F2NO3/c16-15(17)7-5-11(6-8-15)13(19)18-9-10-1-3-12(4-2-10)14(20)21/h1-4,11H,5-9H2,(H,18,19)(H,20,21). The molecule has 0 heterocycles. The summed E-state index contributed by atoms with van der Waals surface area (Å²) >= 11 is 0. The molecule has 1 fully saturated rings. The van der Waals surface area contributed by atoms with E-state index >= 15 is 0 Å². The van der Waals surface area contributed by atoms with Crippen molar-refractivity contribution in [2.75, 3.05) is 0 Å². The Morgan fingerprint density at radius 1 is 1.19 bits per heavy atom. The molecule has 0 bridgehead atoms. The fraction of sp³-hybridized carbons (Fsp3) is 0.467. The number of halogens is 2. The summed E-state index contributed by atoms with van der Waals surface area (Å²) in [5, 5.41) is 11.5. The van der Waals surface area contributed by atoms with Gasteiger partial charge in [-0.25, -0.2) is 13.6 Å². The SMILES string of the molecule is O=C(O)c1ccc(CNC(=O)C2CCC(F)(F)CC2)cc1. The number of carbonyl (C=O) groups is 2. The normalized spacial score (nSPS) is 18.2. The van der Waals surface area contributed by atoms with Crippen molar-refractivity contribution in [3.8, 4) is 0 Å². The number of nitrogens with one attached hydrogen (secondary N) is 1. The van der Waals surface area contributed by atoms with Crippen molar-refractivity contribution in [3.05, 3.63) is 35.4 Å². The summed E-state index contributed by atoms with van der Waals surface area (Å²) in [6, 6.07) is 6.17. The van der Waals surface area contributed by atoms with Gasteiger partial charge in [-0.1, -0.05) is 12.1 Å². The molecule has 0 aromatic heterocycles. The molecule has 2 N–H and O–H groups in total. The Labute approximate surface area is 121 Å². The molecule has 0 saturated heterocycles. The molecule has 1 aromatic carbocycles. The molecule has 1 amide bonds. The first-order valence-corrected chi connectivity index (χ1v) is 6.85. The maximum Gasteiger partial charge on any atom is 0.335 e. The summed E-state index contributed by atoms with van der Waals surface area (Å²) in [6.45, 7) is 0.269. The number of aromatic carboxylic acids is 1. The predicted molar refractivity (Wildman–Crippen MR) is 72.2 cm³/mol. The van der Waals surface area contributed by atoms with E-state index in [0.29, 0.717) is 0 Å². The van der Waals surface area contributed by atoms with Crippen molar-refractivity contribution in [2.24, 2.45) is 5.92 Å². The average Bonchev–Trinajstić information content (AvgIpc) is 2.45. The van der Waals surface area contributed by atoms with Gasteiger partial charge in [0.1, 0.15) is 0 Å². The number of alkyl halides is 2. The number of carboxylic acids is 1. The Balaban J connectivity index is 1.82. The van der Waals surface area contributed by atoms with Crippen molar-refractivity contribution in [3.63, 3.8) is 0 Å². The number of hydrogen-bond acceptors (Lipinski definition) is 2. The predicted octanol–water partition coefficient (Wildman–Crippen LogP) is 2.83. The molecule has 0 atom stereocenters. The zero-order chi connectivity index (χ0) is 15.5. The van der Waals surface area contributed by atoms with E-state index < -0.39 is 11.9 Å². The summed E-state index contributed by atoms with van der Waals surface area (Å²) in [5.41, 5.74) is 0.953. The minimum absolute atomic E-state index is 0.180. The van der Waals surface area contributed by atoms with E-state index in [2.05, 4.69) is 5.32 Å². The van der Waals surface area contributed by atoms with Crippen molar-refractivity contribution in [2.45, 2.75) is 38.2 Å². The third-order valence-electron chi connectivity index (χ3n) is 3.76. The lowest BCUT2D eigenvalue weighted by molar-refractivity contribution is -0.129. The van der Waals surface area contributed by atoms with Crippen LogP contribution in [0.1, 0.15) is 41.6 Å². The van der Waals surface area contributed by atoms with Crippen molar-refractivity contribution >= 4 is 11.9 Å². The lowest BCUT2D eigenvalue weighted by Crippen LogP contribution is -2.35. The molecule has 2 rings (SSSR count). The third-order valence-corrected chi connectivity index (χ3v) is 3.76. The molecule has 1 aliphatic carbocycles. The molecule has 0 radical (unpaired) electrons. The summed E-state index contributed by atoms with van der Waals surface area (Å²) in [6.07, 6.45) is -0.0651. The minimum atomic E-state index is -2.64. The maximum atomic E-state index is 13.0. The molecule has 1 saturated carbocycles. The van der Waals surface area contributed by atoms with Crippen LogP contribution in [0, 0.1) is 5.92 Å². The van der Waals surface area contributed by atoms with E-state index in [0.717, 1.165) is 5.56 Å². The zero-order valence-electron chi connectivity index (χ0n) is 11.4. The van der Waals surface area contributed by atoms with Crippen molar-refractivity contribution in [1.29, 1.82) is 0 Å². The molecule has 4 nitrogen and oxygen atoms in total. The summed E-state index contributed by atoms with van der Waals surface area (Å²) in [4.78, 5) is 22.6. The van der Waals surface area contributed by atoms with Gasteiger partial charge in [0.25, 0.3) is 0 Å². The fourth-order valence-corrected chi connectivity index (χ4v) is 2.40. The van der Waals surface area contributed by atoms with E-state index in [4.69, 9.17) is 5.11 Å². The second kappa shape index (κ2) is 6.20. The lowest BCUT2D eigenvalue weighted by atomic mass is 9.86. The average molecular weight is 297 g/mol. The van der Waals surface area contributed by atoms with Crippen LogP contribution >= 0.6 is 0 Å². The van der Waals surface area contributed by atoms with Crippen LogP contribution in [0.15, 0.2) is 24.3 Å². The number of carbonyl (C=O) groups excluding carboxylic acids is 1. The van der Waals surface area contributed by atoms with Crippen LogP contribution in [-0.4, -0.2) is 22.9 Å². The number of carboxylic acid groups (broad SMARTS) is 1. The topological polar surface area (TPSA) is 66.4 Å². The second-order valence-corrected chi connectivity index (χ2v) is 5.35. The third kappa shape index (κ3) is 4.24. The van der Waals surface area contributed by atoms with E-state index in [1.54, 1.807) is 12.1 Å². The van der Waals surface area contributed by atoms with Gasteiger partial charge < -0.3 is 10.4 Å². The van der Waals surface area contributed by atoms with E-state index in [-0.39, 0.29) is 49.6 Å². The molecule has 1 aromatic rings. The van der Waals surface area contributed by atoms with Gasteiger partial charge in [-0.05, 0) is 30.5 Å². The summed E-state index contributed by atoms with van der Waals surface area (Å²) < 4.78 is 26.0. The highest BCUT2D eigenvalue weighted by molar-refractivity contribution is 5.87. The van der Waals surface area contributed by atoms with Crippen LogP contribution in [0.2, 0.25) is 0 Å². The summed E-state index contributed by atoms with van der Waals surface area (Å²) in [5.74, 6) is -4.21. The highest BCUT2D eigenvalue weighted by Crippen LogP contribution is 2.36. The van der Waals surface area contributed by atoms with Gasteiger partial charge in [0.05, 0.1) is 5.56 Å². The monoisotopic (exact) mass is 297 g/mol. The van der Waals surface area contributed by atoms with Crippen molar-refractivity contribution < 1.29 is 23.5 Å². The van der Waals surface area contributed by atoms with Crippen LogP contribution in [0.3, 0.4) is 0 Å². The minimum Gasteiger partial charge on any atom is -0.478 e. The highest BCUT2D eigenvalue weighted by atomic mass is 19.3. The first-order valence-electron chi connectivity index (χ1n) is 6.85. The van der Waals surface area contributed by atoms with Crippen LogP contribution in [-0.2, 0) is 11.3 Å². The zero-order valence-corrected chi connectivity index (χ0v) is 11.4. The second-order valence-electron chi connectivity index (χ2n) is 5.35. The smallest absolute Gasteiger partial charge is 0.335 e. The van der Waals surface area contributed by atoms with E-state index in [1.807, 2.05) is 0 Å². The summed E-state index contributed by atoms with van der Waals surface area (Å²) in [7, 11) is 0. The molecule has 6 heteroatoms. The van der Waals surface area contributed by atoms with Crippen molar-refractivity contribution in [1.82, 2.24) is 5.32 Å². The first kappa shape index (κ1) is 15.4. The molecule has 114 valence electrons. The number of amides is 1. The van der Waals surface area contributed by atoms with Crippen LogP contribution in [0.5, 0.6) is 0 Å². The fourth-order valence-electron chi connectivity index (χ4n) is 2.40. The van der Waals surface area contributed by atoms with Gasteiger partial charge >= 0.3 is 5.97 Å². The number of benzene rings is 1. The van der Waals surface area contributed by atoms with Gasteiger partial charge in [-0.3, -0.25) is 4.79 Å². The molecule has 21 heavy (non-hydrogen) atoms. The molecular formula is C15H17F2NO3. The Morgan fingerprint density at radius 3 is 2.29 bits per heavy atom. The van der Waals surface area contributed by atoms with Gasteiger partial charge in [0.2, 0.25) is 11.8 Å². The Bertz CT molecular complexity index is 518. The maximum absolute atomic E-state index is 13.0. The van der Waals surface area contributed by atoms with Crippen LogP contribution in [0.25, 0.3) is 0 Å². The molecular weight excluding hydrogens is 280 g/mol. The van der Waals surface area contributed by atoms with Crippen LogP contribution < -0.4 is 5.32 Å². The Morgan fingerprint density at radius 2 is 1.76 bits per heavy atom. The molecule has 1 aliphatic rings. The Hall–Kier alpha value is -1.98.